The van der Waals surface area contributed by atoms with Gasteiger partial charge in [-0.1, -0.05) is 13.0 Å². The Labute approximate surface area is 112 Å². The minimum atomic E-state index is -0.104. The third-order valence-corrected chi connectivity index (χ3v) is 3.14. The molecular formula is C14H18N4O. The van der Waals surface area contributed by atoms with Gasteiger partial charge < -0.3 is 9.88 Å². The van der Waals surface area contributed by atoms with Crippen molar-refractivity contribution in [2.75, 3.05) is 0 Å². The number of amides is 1. The van der Waals surface area contributed by atoms with Gasteiger partial charge in [0, 0.05) is 19.4 Å². The summed E-state index contributed by atoms with van der Waals surface area (Å²) >= 11 is 0. The smallest absolute Gasteiger partial charge is 0.270 e. The predicted molar refractivity (Wildman–Crippen MR) is 72.7 cm³/mol. The van der Waals surface area contributed by atoms with E-state index in [9.17, 15) is 4.79 Å². The molecule has 2 rings (SSSR count). The van der Waals surface area contributed by atoms with Crippen LogP contribution in [0.2, 0.25) is 0 Å². The van der Waals surface area contributed by atoms with Crippen molar-refractivity contribution in [3.05, 3.63) is 47.8 Å². The Bertz CT molecular complexity index is 543. The van der Waals surface area contributed by atoms with Crippen molar-refractivity contribution in [2.45, 2.75) is 26.3 Å². The van der Waals surface area contributed by atoms with Crippen molar-refractivity contribution in [3.8, 4) is 0 Å². The van der Waals surface area contributed by atoms with Gasteiger partial charge in [-0.15, -0.1) is 0 Å². The molecule has 0 aliphatic heterocycles. The molecule has 5 heteroatoms. The van der Waals surface area contributed by atoms with Crippen LogP contribution in [0.3, 0.4) is 0 Å². The molecule has 2 aromatic rings. The van der Waals surface area contributed by atoms with Crippen LogP contribution in [0.5, 0.6) is 0 Å². The van der Waals surface area contributed by atoms with E-state index in [1.54, 1.807) is 23.3 Å². The van der Waals surface area contributed by atoms with Crippen molar-refractivity contribution in [2.24, 2.45) is 7.05 Å². The van der Waals surface area contributed by atoms with Crippen LogP contribution in [0.25, 0.3) is 0 Å². The molecule has 2 aromatic heterocycles. The molecule has 1 amide bonds. The van der Waals surface area contributed by atoms with E-state index in [4.69, 9.17) is 0 Å². The molecule has 5 nitrogen and oxygen atoms in total. The van der Waals surface area contributed by atoms with Gasteiger partial charge in [-0.2, -0.15) is 0 Å². The summed E-state index contributed by atoms with van der Waals surface area (Å²) in [5.41, 5.74) is 2.35. The Morgan fingerprint density at radius 3 is 2.84 bits per heavy atom. The fourth-order valence-corrected chi connectivity index (χ4v) is 2.10. The van der Waals surface area contributed by atoms with Crippen LogP contribution in [-0.4, -0.2) is 20.4 Å². The maximum atomic E-state index is 12.3. The second kappa shape index (κ2) is 5.65. The lowest BCUT2D eigenvalue weighted by molar-refractivity contribution is 0.0926. The van der Waals surface area contributed by atoms with Gasteiger partial charge in [0.2, 0.25) is 0 Å². The van der Waals surface area contributed by atoms with Crippen molar-refractivity contribution >= 4 is 5.91 Å². The number of imidazole rings is 1. The minimum absolute atomic E-state index is 0.0319. The Morgan fingerprint density at radius 1 is 1.53 bits per heavy atom. The minimum Gasteiger partial charge on any atom is -0.344 e. The van der Waals surface area contributed by atoms with Gasteiger partial charge in [-0.3, -0.25) is 9.78 Å². The molecule has 1 atom stereocenters. The summed E-state index contributed by atoms with van der Waals surface area (Å²) in [6, 6.07) is 3.81. The first-order valence-electron chi connectivity index (χ1n) is 6.32. The van der Waals surface area contributed by atoms with Crippen molar-refractivity contribution < 1.29 is 4.79 Å². The lowest BCUT2D eigenvalue weighted by atomic mass is 10.1. The van der Waals surface area contributed by atoms with Gasteiger partial charge in [0.1, 0.15) is 5.69 Å². The van der Waals surface area contributed by atoms with E-state index in [0.717, 1.165) is 17.7 Å². The number of aryl methyl sites for hydroxylation is 2. The van der Waals surface area contributed by atoms with E-state index in [1.807, 2.05) is 33.0 Å². The van der Waals surface area contributed by atoms with Crippen LogP contribution >= 0.6 is 0 Å². The van der Waals surface area contributed by atoms with Gasteiger partial charge in [-0.05, 0) is 25.0 Å². The standard InChI is InChI=1S/C14H18N4O/c1-4-12(11-6-5-7-15-8-11)17-14(19)13-10(2)16-9-18(13)3/h5-9,12H,4H2,1-3H3,(H,17,19)/t12-/m1/s1. The van der Waals surface area contributed by atoms with E-state index in [2.05, 4.69) is 15.3 Å². The van der Waals surface area contributed by atoms with Gasteiger partial charge in [0.25, 0.3) is 5.91 Å². The molecular weight excluding hydrogens is 240 g/mol. The van der Waals surface area contributed by atoms with E-state index >= 15 is 0 Å². The van der Waals surface area contributed by atoms with Crippen molar-refractivity contribution in [1.82, 2.24) is 19.9 Å². The maximum absolute atomic E-state index is 12.3. The number of nitrogens with zero attached hydrogens (tertiary/aromatic N) is 3. The van der Waals surface area contributed by atoms with E-state index in [1.165, 1.54) is 0 Å². The maximum Gasteiger partial charge on any atom is 0.270 e. The van der Waals surface area contributed by atoms with Gasteiger partial charge in [0.15, 0.2) is 0 Å². The molecule has 19 heavy (non-hydrogen) atoms. The number of rotatable bonds is 4. The summed E-state index contributed by atoms with van der Waals surface area (Å²) in [6.07, 6.45) is 5.97. The Kier molecular flexibility index (Phi) is 3.94. The number of hydrogen-bond acceptors (Lipinski definition) is 3. The molecule has 0 unspecified atom stereocenters. The first-order valence-corrected chi connectivity index (χ1v) is 6.32. The van der Waals surface area contributed by atoms with Crippen LogP contribution in [0.1, 0.15) is 41.1 Å². The number of aromatic nitrogens is 3. The van der Waals surface area contributed by atoms with Gasteiger partial charge in [-0.25, -0.2) is 4.98 Å². The fourth-order valence-electron chi connectivity index (χ4n) is 2.10. The van der Waals surface area contributed by atoms with E-state index in [0.29, 0.717) is 5.69 Å². The lowest BCUT2D eigenvalue weighted by Gasteiger charge is -2.17. The van der Waals surface area contributed by atoms with E-state index < -0.39 is 0 Å². The number of nitrogens with one attached hydrogen (secondary N) is 1. The number of pyridine rings is 1. The van der Waals surface area contributed by atoms with Gasteiger partial charge >= 0.3 is 0 Å². The zero-order chi connectivity index (χ0) is 13.8. The molecule has 0 saturated heterocycles. The summed E-state index contributed by atoms with van der Waals surface area (Å²) in [5.74, 6) is -0.104. The second-order valence-electron chi connectivity index (χ2n) is 4.51. The van der Waals surface area contributed by atoms with Crippen LogP contribution in [0.4, 0.5) is 0 Å². The first-order chi connectivity index (χ1) is 9.13. The monoisotopic (exact) mass is 258 g/mol. The van der Waals surface area contributed by atoms with Crippen LogP contribution in [-0.2, 0) is 7.05 Å². The predicted octanol–water partition coefficient (Wildman–Crippen LogP) is 2.00. The third-order valence-electron chi connectivity index (χ3n) is 3.14. The summed E-state index contributed by atoms with van der Waals surface area (Å²) in [6.45, 7) is 3.87. The highest BCUT2D eigenvalue weighted by Crippen LogP contribution is 2.16. The third kappa shape index (κ3) is 2.81. The van der Waals surface area contributed by atoms with E-state index in [-0.39, 0.29) is 11.9 Å². The zero-order valence-electron chi connectivity index (χ0n) is 11.4. The molecule has 0 fully saturated rings. The second-order valence-corrected chi connectivity index (χ2v) is 4.51. The van der Waals surface area contributed by atoms with Crippen molar-refractivity contribution in [3.63, 3.8) is 0 Å². The number of carbonyl (C=O) groups is 1. The molecule has 1 N–H and O–H groups in total. The van der Waals surface area contributed by atoms with Crippen LogP contribution in [0, 0.1) is 6.92 Å². The van der Waals surface area contributed by atoms with Crippen molar-refractivity contribution in [1.29, 1.82) is 0 Å². The Hall–Kier alpha value is -2.17. The largest absolute Gasteiger partial charge is 0.344 e. The average molecular weight is 258 g/mol. The highest BCUT2D eigenvalue weighted by atomic mass is 16.2. The highest BCUT2D eigenvalue weighted by molar-refractivity contribution is 5.93. The quantitative estimate of drug-likeness (QED) is 0.912. The van der Waals surface area contributed by atoms with Crippen LogP contribution in [0.15, 0.2) is 30.9 Å². The molecule has 0 aromatic carbocycles. The SMILES string of the molecule is CC[C@@H](NC(=O)c1c(C)ncn1C)c1cccnc1. The average Bonchev–Trinajstić information content (AvgIpc) is 2.76. The van der Waals surface area contributed by atoms with Gasteiger partial charge in [0.05, 0.1) is 18.1 Å². The first kappa shape index (κ1) is 13.3. The summed E-state index contributed by atoms with van der Waals surface area (Å²) in [7, 11) is 1.82. The zero-order valence-corrected chi connectivity index (χ0v) is 11.4. The number of hydrogen-bond donors (Lipinski definition) is 1. The molecule has 0 spiro atoms. The molecule has 0 saturated carbocycles. The molecule has 2 heterocycles. The lowest BCUT2D eigenvalue weighted by Crippen LogP contribution is -2.30. The van der Waals surface area contributed by atoms with Crippen LogP contribution < -0.4 is 5.32 Å². The normalized spacial score (nSPS) is 12.2. The molecule has 0 bridgehead atoms. The molecule has 0 aliphatic carbocycles. The number of carbonyl (C=O) groups excluding carboxylic acids is 1. The summed E-state index contributed by atoms with van der Waals surface area (Å²) < 4.78 is 1.74. The topological polar surface area (TPSA) is 59.8 Å². The summed E-state index contributed by atoms with van der Waals surface area (Å²) in [4.78, 5) is 20.5. The summed E-state index contributed by atoms with van der Waals surface area (Å²) in [5, 5.41) is 3.03. The Morgan fingerprint density at radius 2 is 2.32 bits per heavy atom. The molecule has 0 aliphatic rings. The highest BCUT2D eigenvalue weighted by Gasteiger charge is 2.18. The Balaban J connectivity index is 2.18. The molecule has 0 radical (unpaired) electrons. The fraction of sp³-hybridized carbons (Fsp3) is 0.357. The molecule has 100 valence electrons.